The van der Waals surface area contributed by atoms with Gasteiger partial charge in [0.25, 0.3) is 0 Å². The second-order valence-electron chi connectivity index (χ2n) is 3.56. The molecule has 3 heteroatoms. The Balaban J connectivity index is 2.49. The molecule has 0 aliphatic rings. The van der Waals surface area contributed by atoms with Gasteiger partial charge in [-0.25, -0.2) is 0 Å². The Labute approximate surface area is 92.0 Å². The number of rotatable bonds is 0. The Bertz CT molecular complexity index is 726. The number of benzene rings is 2. The van der Waals surface area contributed by atoms with E-state index in [1.807, 2.05) is 30.3 Å². The van der Waals surface area contributed by atoms with E-state index >= 15 is 0 Å². The average Bonchev–Trinajstić information content (AvgIpc) is 2.38. The lowest BCUT2D eigenvalue weighted by Crippen LogP contribution is -1.87. The van der Waals surface area contributed by atoms with Crippen molar-refractivity contribution >= 4 is 21.8 Å². The van der Waals surface area contributed by atoms with E-state index in [0.29, 0.717) is 5.56 Å². The van der Waals surface area contributed by atoms with Gasteiger partial charge in [-0.15, -0.1) is 10.2 Å². The molecule has 2 aromatic carbocycles. The highest BCUT2D eigenvalue weighted by atomic mass is 15.1. The van der Waals surface area contributed by atoms with E-state index in [1.54, 1.807) is 12.1 Å². The SMILES string of the molecule is N#Cc1ccc2c(c1)nnc1ccccc12. The van der Waals surface area contributed by atoms with Crippen molar-refractivity contribution in [2.45, 2.75) is 0 Å². The lowest BCUT2D eigenvalue weighted by molar-refractivity contribution is 1.12. The molecule has 0 amide bonds. The molecular weight excluding hydrogens is 198 g/mol. The van der Waals surface area contributed by atoms with Crippen LogP contribution in [0.1, 0.15) is 5.56 Å². The van der Waals surface area contributed by atoms with Gasteiger partial charge in [-0.1, -0.05) is 24.3 Å². The van der Waals surface area contributed by atoms with E-state index in [4.69, 9.17) is 5.26 Å². The van der Waals surface area contributed by atoms with E-state index in [2.05, 4.69) is 16.3 Å². The Morgan fingerprint density at radius 1 is 0.875 bits per heavy atom. The fourth-order valence-electron chi connectivity index (χ4n) is 1.81. The van der Waals surface area contributed by atoms with Gasteiger partial charge in [0.1, 0.15) is 0 Å². The monoisotopic (exact) mass is 205 g/mol. The minimum Gasteiger partial charge on any atom is -0.192 e. The first-order valence-corrected chi connectivity index (χ1v) is 4.94. The van der Waals surface area contributed by atoms with Gasteiger partial charge >= 0.3 is 0 Å². The van der Waals surface area contributed by atoms with Gasteiger partial charge in [-0.3, -0.25) is 0 Å². The van der Waals surface area contributed by atoms with Crippen LogP contribution in [0.4, 0.5) is 0 Å². The molecule has 16 heavy (non-hydrogen) atoms. The summed E-state index contributed by atoms with van der Waals surface area (Å²) in [4.78, 5) is 0. The van der Waals surface area contributed by atoms with Gasteiger partial charge in [-0.2, -0.15) is 5.26 Å². The predicted octanol–water partition coefficient (Wildman–Crippen LogP) is 2.65. The Morgan fingerprint density at radius 3 is 2.50 bits per heavy atom. The fourth-order valence-corrected chi connectivity index (χ4v) is 1.81. The lowest BCUT2D eigenvalue weighted by Gasteiger charge is -2.01. The number of hydrogen-bond donors (Lipinski definition) is 0. The third-order valence-electron chi connectivity index (χ3n) is 2.59. The fraction of sp³-hybridized carbons (Fsp3) is 0. The second-order valence-corrected chi connectivity index (χ2v) is 3.56. The quantitative estimate of drug-likeness (QED) is 0.530. The summed E-state index contributed by atoms with van der Waals surface area (Å²) < 4.78 is 0. The standard InChI is InChI=1S/C13H7N3/c14-8-9-5-6-11-10-3-1-2-4-12(10)15-16-13(11)7-9/h1-7H. The van der Waals surface area contributed by atoms with Crippen LogP contribution in [0.5, 0.6) is 0 Å². The van der Waals surface area contributed by atoms with Crippen molar-refractivity contribution < 1.29 is 0 Å². The van der Waals surface area contributed by atoms with Crippen molar-refractivity contribution in [3.8, 4) is 6.07 Å². The molecule has 3 nitrogen and oxygen atoms in total. The summed E-state index contributed by atoms with van der Waals surface area (Å²) >= 11 is 0. The number of hydrogen-bond acceptors (Lipinski definition) is 3. The van der Waals surface area contributed by atoms with Crippen LogP contribution in [0, 0.1) is 11.3 Å². The van der Waals surface area contributed by atoms with Crippen molar-refractivity contribution in [2.75, 3.05) is 0 Å². The first-order chi connectivity index (χ1) is 7.88. The smallest absolute Gasteiger partial charge is 0.0992 e. The summed E-state index contributed by atoms with van der Waals surface area (Å²) in [6.45, 7) is 0. The number of nitriles is 1. The topological polar surface area (TPSA) is 49.6 Å². The van der Waals surface area contributed by atoms with Crippen LogP contribution in [0.2, 0.25) is 0 Å². The molecule has 1 aromatic heterocycles. The van der Waals surface area contributed by atoms with Gasteiger partial charge in [-0.05, 0) is 18.2 Å². The highest BCUT2D eigenvalue weighted by Crippen LogP contribution is 2.21. The van der Waals surface area contributed by atoms with E-state index in [-0.39, 0.29) is 0 Å². The zero-order chi connectivity index (χ0) is 11.0. The first kappa shape index (κ1) is 8.81. The molecule has 0 aliphatic heterocycles. The van der Waals surface area contributed by atoms with Crippen molar-refractivity contribution in [1.29, 1.82) is 5.26 Å². The van der Waals surface area contributed by atoms with Crippen molar-refractivity contribution in [2.24, 2.45) is 0 Å². The molecule has 3 rings (SSSR count). The van der Waals surface area contributed by atoms with Crippen molar-refractivity contribution in [3.63, 3.8) is 0 Å². The van der Waals surface area contributed by atoms with Crippen LogP contribution >= 0.6 is 0 Å². The molecule has 0 bridgehead atoms. The Kier molecular flexibility index (Phi) is 1.81. The summed E-state index contributed by atoms with van der Waals surface area (Å²) in [7, 11) is 0. The van der Waals surface area contributed by atoms with Gasteiger partial charge in [0, 0.05) is 10.8 Å². The zero-order valence-electron chi connectivity index (χ0n) is 8.38. The average molecular weight is 205 g/mol. The summed E-state index contributed by atoms with van der Waals surface area (Å²) in [5.74, 6) is 0. The molecule has 0 spiro atoms. The largest absolute Gasteiger partial charge is 0.192 e. The maximum atomic E-state index is 8.81. The summed E-state index contributed by atoms with van der Waals surface area (Å²) in [5.41, 5.74) is 2.24. The minimum absolute atomic E-state index is 0.608. The minimum atomic E-state index is 0.608. The van der Waals surface area contributed by atoms with E-state index in [1.165, 1.54) is 0 Å². The van der Waals surface area contributed by atoms with Crippen LogP contribution in [0.25, 0.3) is 21.8 Å². The molecule has 0 aliphatic carbocycles. The second kappa shape index (κ2) is 3.28. The molecule has 74 valence electrons. The highest BCUT2D eigenvalue weighted by molar-refractivity contribution is 6.03. The molecule has 0 N–H and O–H groups in total. The normalized spacial score (nSPS) is 10.4. The zero-order valence-corrected chi connectivity index (χ0v) is 8.38. The molecule has 0 radical (unpaired) electrons. The third kappa shape index (κ3) is 1.21. The van der Waals surface area contributed by atoms with E-state index in [9.17, 15) is 0 Å². The van der Waals surface area contributed by atoms with Gasteiger partial charge in [0.05, 0.1) is 22.7 Å². The summed E-state index contributed by atoms with van der Waals surface area (Å²) in [6, 6.07) is 15.4. The molecule has 0 saturated heterocycles. The summed E-state index contributed by atoms with van der Waals surface area (Å²) in [6.07, 6.45) is 0. The van der Waals surface area contributed by atoms with Gasteiger partial charge < -0.3 is 0 Å². The van der Waals surface area contributed by atoms with Crippen molar-refractivity contribution in [3.05, 3.63) is 48.0 Å². The van der Waals surface area contributed by atoms with Crippen LogP contribution in [0.3, 0.4) is 0 Å². The first-order valence-electron chi connectivity index (χ1n) is 4.94. The third-order valence-corrected chi connectivity index (χ3v) is 2.59. The Morgan fingerprint density at radius 2 is 1.62 bits per heavy atom. The van der Waals surface area contributed by atoms with Crippen molar-refractivity contribution in [1.82, 2.24) is 10.2 Å². The van der Waals surface area contributed by atoms with E-state index in [0.717, 1.165) is 21.8 Å². The maximum Gasteiger partial charge on any atom is 0.0992 e. The van der Waals surface area contributed by atoms with Crippen LogP contribution in [-0.2, 0) is 0 Å². The molecular formula is C13H7N3. The maximum absolute atomic E-state index is 8.81. The molecule has 0 atom stereocenters. The van der Waals surface area contributed by atoms with Crippen LogP contribution in [0.15, 0.2) is 42.5 Å². The highest BCUT2D eigenvalue weighted by Gasteiger charge is 2.02. The molecule has 0 saturated carbocycles. The van der Waals surface area contributed by atoms with Crippen LogP contribution in [-0.4, -0.2) is 10.2 Å². The Hall–Kier alpha value is -2.47. The lowest BCUT2D eigenvalue weighted by atomic mass is 10.1. The van der Waals surface area contributed by atoms with Crippen LogP contribution < -0.4 is 0 Å². The molecule has 0 unspecified atom stereocenters. The number of nitrogens with zero attached hydrogens (tertiary/aromatic N) is 3. The predicted molar refractivity (Wildman–Crippen MR) is 61.8 cm³/mol. The molecule has 1 heterocycles. The molecule has 0 fully saturated rings. The van der Waals surface area contributed by atoms with Gasteiger partial charge in [0.2, 0.25) is 0 Å². The summed E-state index contributed by atoms with van der Waals surface area (Å²) in [5, 5.41) is 19.2. The number of fused-ring (bicyclic) bond motifs is 3. The molecule has 3 aromatic rings. The van der Waals surface area contributed by atoms with Gasteiger partial charge in [0.15, 0.2) is 0 Å². The number of aromatic nitrogens is 2. The van der Waals surface area contributed by atoms with E-state index < -0.39 is 0 Å².